The normalized spacial score (nSPS) is 23.3. The Kier molecular flexibility index (Phi) is 4.15. The number of rotatable bonds is 2. The summed E-state index contributed by atoms with van der Waals surface area (Å²) < 4.78 is 5.27. The van der Waals surface area contributed by atoms with Crippen LogP contribution in [-0.2, 0) is 4.74 Å². The summed E-state index contributed by atoms with van der Waals surface area (Å²) >= 11 is 0. The second-order valence-corrected chi connectivity index (χ2v) is 5.32. The second kappa shape index (κ2) is 5.01. The molecule has 1 saturated heterocycles. The van der Waals surface area contributed by atoms with Gasteiger partial charge in [0.1, 0.15) is 5.60 Å². The van der Waals surface area contributed by atoms with Crippen LogP contribution in [0, 0.1) is 5.92 Å². The fourth-order valence-electron chi connectivity index (χ4n) is 1.78. The molecule has 1 amide bonds. The maximum Gasteiger partial charge on any atom is 0.410 e. The molecule has 0 aromatic rings. The SMILES string of the molecule is CC(C)(C)OC(=O)N1CC[C@H](C(N)CO)C1. The van der Waals surface area contributed by atoms with Crippen molar-refractivity contribution in [2.75, 3.05) is 19.7 Å². The average Bonchev–Trinajstić information content (AvgIpc) is 2.62. The van der Waals surface area contributed by atoms with Crippen molar-refractivity contribution in [3.63, 3.8) is 0 Å². The Morgan fingerprint density at radius 3 is 2.75 bits per heavy atom. The Balaban J connectivity index is 2.44. The lowest BCUT2D eigenvalue weighted by Crippen LogP contribution is -2.38. The average molecular weight is 230 g/mol. The van der Waals surface area contributed by atoms with Gasteiger partial charge in [0.25, 0.3) is 0 Å². The van der Waals surface area contributed by atoms with E-state index in [0.29, 0.717) is 13.1 Å². The lowest BCUT2D eigenvalue weighted by molar-refractivity contribution is 0.0284. The van der Waals surface area contributed by atoms with E-state index in [1.165, 1.54) is 0 Å². The van der Waals surface area contributed by atoms with Crippen molar-refractivity contribution in [3.05, 3.63) is 0 Å². The number of hydrogen-bond donors (Lipinski definition) is 2. The molecule has 94 valence electrons. The topological polar surface area (TPSA) is 75.8 Å². The second-order valence-electron chi connectivity index (χ2n) is 5.32. The summed E-state index contributed by atoms with van der Waals surface area (Å²) in [7, 11) is 0. The number of nitrogens with zero attached hydrogens (tertiary/aromatic N) is 1. The molecule has 1 heterocycles. The zero-order chi connectivity index (χ0) is 12.3. The third-order valence-corrected chi connectivity index (χ3v) is 2.69. The number of amides is 1. The largest absolute Gasteiger partial charge is 0.444 e. The summed E-state index contributed by atoms with van der Waals surface area (Å²) in [4.78, 5) is 13.4. The van der Waals surface area contributed by atoms with Crippen molar-refractivity contribution >= 4 is 6.09 Å². The molecule has 1 fully saturated rings. The molecule has 2 atom stereocenters. The van der Waals surface area contributed by atoms with E-state index in [0.717, 1.165) is 6.42 Å². The van der Waals surface area contributed by atoms with Crippen molar-refractivity contribution in [2.45, 2.75) is 38.8 Å². The van der Waals surface area contributed by atoms with Crippen molar-refractivity contribution in [1.82, 2.24) is 4.90 Å². The standard InChI is InChI=1S/C11H22N2O3/c1-11(2,3)16-10(15)13-5-4-8(6-13)9(12)7-14/h8-9,14H,4-7,12H2,1-3H3/t8-,9?/m0/s1. The number of hydrogen-bond acceptors (Lipinski definition) is 4. The van der Waals surface area contributed by atoms with Crippen molar-refractivity contribution < 1.29 is 14.6 Å². The van der Waals surface area contributed by atoms with E-state index >= 15 is 0 Å². The van der Waals surface area contributed by atoms with Gasteiger partial charge in [-0.05, 0) is 33.1 Å². The maximum atomic E-state index is 11.7. The van der Waals surface area contributed by atoms with E-state index in [9.17, 15) is 4.79 Å². The highest BCUT2D eigenvalue weighted by Crippen LogP contribution is 2.21. The van der Waals surface area contributed by atoms with E-state index in [1.54, 1.807) is 4.90 Å². The Morgan fingerprint density at radius 2 is 2.25 bits per heavy atom. The van der Waals surface area contributed by atoms with Gasteiger partial charge in [0.05, 0.1) is 6.61 Å². The van der Waals surface area contributed by atoms with Crippen LogP contribution in [0.3, 0.4) is 0 Å². The molecule has 5 nitrogen and oxygen atoms in total. The molecule has 1 unspecified atom stereocenters. The third kappa shape index (κ3) is 3.64. The van der Waals surface area contributed by atoms with Crippen LogP contribution < -0.4 is 5.73 Å². The smallest absolute Gasteiger partial charge is 0.410 e. The zero-order valence-electron chi connectivity index (χ0n) is 10.3. The van der Waals surface area contributed by atoms with Gasteiger partial charge in [-0.1, -0.05) is 0 Å². The minimum Gasteiger partial charge on any atom is -0.444 e. The van der Waals surface area contributed by atoms with E-state index in [-0.39, 0.29) is 24.7 Å². The van der Waals surface area contributed by atoms with Crippen LogP contribution in [0.2, 0.25) is 0 Å². The number of carbonyl (C=O) groups excluding carboxylic acids is 1. The number of likely N-dealkylation sites (tertiary alicyclic amines) is 1. The predicted octanol–water partition coefficient (Wildman–Crippen LogP) is 0.563. The number of aliphatic hydroxyl groups excluding tert-OH is 1. The molecule has 0 aromatic carbocycles. The minimum atomic E-state index is -0.464. The quantitative estimate of drug-likeness (QED) is 0.727. The van der Waals surface area contributed by atoms with Gasteiger partial charge in [0.2, 0.25) is 0 Å². The summed E-state index contributed by atoms with van der Waals surface area (Å²) in [6.45, 7) is 6.74. The van der Waals surface area contributed by atoms with Crippen LogP contribution in [0.5, 0.6) is 0 Å². The molecule has 16 heavy (non-hydrogen) atoms. The minimum absolute atomic E-state index is 0.0349. The van der Waals surface area contributed by atoms with Crippen molar-refractivity contribution in [1.29, 1.82) is 0 Å². The molecule has 0 aromatic heterocycles. The molecule has 3 N–H and O–H groups in total. The molecule has 0 aliphatic carbocycles. The van der Waals surface area contributed by atoms with Crippen molar-refractivity contribution in [3.8, 4) is 0 Å². The molecule has 0 saturated carbocycles. The summed E-state index contributed by atoms with van der Waals surface area (Å²) in [6, 6.07) is -0.243. The van der Waals surface area contributed by atoms with Gasteiger partial charge >= 0.3 is 6.09 Å². The highest BCUT2D eigenvalue weighted by atomic mass is 16.6. The van der Waals surface area contributed by atoms with Gasteiger partial charge in [-0.15, -0.1) is 0 Å². The molecular weight excluding hydrogens is 208 g/mol. The molecule has 1 aliphatic rings. The highest BCUT2D eigenvalue weighted by molar-refractivity contribution is 5.68. The van der Waals surface area contributed by atoms with Gasteiger partial charge in [-0.3, -0.25) is 0 Å². The van der Waals surface area contributed by atoms with Crippen LogP contribution in [0.4, 0.5) is 4.79 Å². The molecule has 5 heteroatoms. The van der Waals surface area contributed by atoms with Gasteiger partial charge in [0, 0.05) is 19.1 Å². The first-order chi connectivity index (χ1) is 7.33. The summed E-state index contributed by atoms with van der Waals surface area (Å²) in [5.74, 6) is 0.178. The first-order valence-electron chi connectivity index (χ1n) is 5.68. The molecule has 0 radical (unpaired) electrons. The van der Waals surface area contributed by atoms with Crippen LogP contribution in [0.25, 0.3) is 0 Å². The number of aliphatic hydroxyl groups is 1. The fourth-order valence-corrected chi connectivity index (χ4v) is 1.78. The summed E-state index contributed by atoms with van der Waals surface area (Å²) in [5.41, 5.74) is 5.28. The van der Waals surface area contributed by atoms with Crippen LogP contribution in [0.1, 0.15) is 27.2 Å². The molecule has 0 spiro atoms. The Morgan fingerprint density at radius 1 is 1.62 bits per heavy atom. The molecule has 0 bridgehead atoms. The number of ether oxygens (including phenoxy) is 1. The molecule has 1 rings (SSSR count). The number of carbonyl (C=O) groups is 1. The molecular formula is C11H22N2O3. The Bertz CT molecular complexity index is 250. The lowest BCUT2D eigenvalue weighted by Gasteiger charge is -2.25. The monoisotopic (exact) mass is 230 g/mol. The van der Waals surface area contributed by atoms with Crippen LogP contribution >= 0.6 is 0 Å². The predicted molar refractivity (Wildman–Crippen MR) is 61.0 cm³/mol. The zero-order valence-corrected chi connectivity index (χ0v) is 10.3. The highest BCUT2D eigenvalue weighted by Gasteiger charge is 2.32. The van der Waals surface area contributed by atoms with E-state index in [2.05, 4.69) is 0 Å². The molecule has 1 aliphatic heterocycles. The van der Waals surface area contributed by atoms with Gasteiger partial charge in [-0.25, -0.2) is 4.79 Å². The Hall–Kier alpha value is -0.810. The first-order valence-corrected chi connectivity index (χ1v) is 5.68. The van der Waals surface area contributed by atoms with Gasteiger partial charge in [-0.2, -0.15) is 0 Å². The summed E-state index contributed by atoms with van der Waals surface area (Å²) in [5, 5.41) is 8.95. The van der Waals surface area contributed by atoms with E-state index < -0.39 is 5.60 Å². The van der Waals surface area contributed by atoms with Gasteiger partial charge in [0.15, 0.2) is 0 Å². The first kappa shape index (κ1) is 13.3. The maximum absolute atomic E-state index is 11.7. The van der Waals surface area contributed by atoms with Crippen LogP contribution in [-0.4, -0.2) is 47.4 Å². The van der Waals surface area contributed by atoms with Crippen molar-refractivity contribution in [2.24, 2.45) is 11.7 Å². The van der Waals surface area contributed by atoms with Gasteiger partial charge < -0.3 is 20.5 Å². The number of nitrogens with two attached hydrogens (primary N) is 1. The van der Waals surface area contributed by atoms with E-state index in [4.69, 9.17) is 15.6 Å². The fraction of sp³-hybridized carbons (Fsp3) is 0.909. The summed E-state index contributed by atoms with van der Waals surface area (Å²) in [6.07, 6.45) is 0.543. The lowest BCUT2D eigenvalue weighted by atomic mass is 10.0. The van der Waals surface area contributed by atoms with E-state index in [1.807, 2.05) is 20.8 Å². The third-order valence-electron chi connectivity index (χ3n) is 2.69. The van der Waals surface area contributed by atoms with Crippen LogP contribution in [0.15, 0.2) is 0 Å². The Labute approximate surface area is 96.6 Å².